The van der Waals surface area contributed by atoms with Crippen LogP contribution in [0.3, 0.4) is 0 Å². The van der Waals surface area contributed by atoms with E-state index < -0.39 is 15.8 Å². The Hall–Kier alpha value is -0.630. The Morgan fingerprint density at radius 3 is 2.40 bits per heavy atom. The van der Waals surface area contributed by atoms with Gasteiger partial charge < -0.3 is 4.74 Å². The van der Waals surface area contributed by atoms with Crippen LogP contribution in [0.15, 0.2) is 29.2 Å². The van der Waals surface area contributed by atoms with E-state index in [1.165, 1.54) is 28.6 Å². The van der Waals surface area contributed by atoms with Crippen LogP contribution in [-0.2, 0) is 14.8 Å². The fourth-order valence-corrected chi connectivity index (χ4v) is 5.23. The zero-order chi connectivity index (χ0) is 14.2. The fourth-order valence-electron chi connectivity index (χ4n) is 2.61. The van der Waals surface area contributed by atoms with Gasteiger partial charge in [-0.2, -0.15) is 4.31 Å². The Bertz CT molecular complexity index is 572. The molecule has 0 bridgehead atoms. The molecular weight excluding hydrogens is 301 g/mol. The Labute approximate surface area is 122 Å². The van der Waals surface area contributed by atoms with Crippen LogP contribution in [0, 0.1) is 5.82 Å². The second-order valence-corrected chi connectivity index (χ2v) is 8.34. The quantitative estimate of drug-likeness (QED) is 0.838. The highest BCUT2D eigenvalue weighted by Gasteiger charge is 2.42. The molecule has 2 aliphatic rings. The van der Waals surface area contributed by atoms with Gasteiger partial charge >= 0.3 is 0 Å². The van der Waals surface area contributed by atoms with Crippen molar-refractivity contribution in [3.63, 3.8) is 0 Å². The van der Waals surface area contributed by atoms with Gasteiger partial charge in [0.1, 0.15) is 10.8 Å². The zero-order valence-electron chi connectivity index (χ0n) is 10.9. The molecule has 4 nitrogen and oxygen atoms in total. The topological polar surface area (TPSA) is 46.6 Å². The number of sulfonamides is 1. The SMILES string of the molecule is O=S(=O)(c1ccc(F)cc1)N1CCC2(CC1)OCCS2. The number of benzene rings is 1. The predicted octanol–water partition coefficient (Wildman–Crippen LogP) is 2.07. The summed E-state index contributed by atoms with van der Waals surface area (Å²) in [4.78, 5) is -0.0377. The molecule has 0 aliphatic carbocycles. The van der Waals surface area contributed by atoms with E-state index in [2.05, 4.69) is 0 Å². The molecule has 1 spiro atoms. The summed E-state index contributed by atoms with van der Waals surface area (Å²) < 4.78 is 45.0. The number of hydrogen-bond acceptors (Lipinski definition) is 4. The van der Waals surface area contributed by atoms with E-state index in [-0.39, 0.29) is 9.83 Å². The summed E-state index contributed by atoms with van der Waals surface area (Å²) in [7, 11) is -3.52. The van der Waals surface area contributed by atoms with E-state index in [1.54, 1.807) is 11.8 Å². The first-order chi connectivity index (χ1) is 9.52. The monoisotopic (exact) mass is 317 g/mol. The molecule has 1 aromatic rings. The fraction of sp³-hybridized carbons (Fsp3) is 0.538. The molecule has 0 N–H and O–H groups in total. The highest BCUT2D eigenvalue weighted by atomic mass is 32.2. The van der Waals surface area contributed by atoms with Gasteiger partial charge in [-0.25, -0.2) is 12.8 Å². The second-order valence-electron chi connectivity index (χ2n) is 4.97. The molecule has 2 heterocycles. The summed E-state index contributed by atoms with van der Waals surface area (Å²) in [5, 5.41) is 0. The van der Waals surface area contributed by atoms with Gasteiger partial charge in [0.2, 0.25) is 10.0 Å². The average molecular weight is 317 g/mol. The molecule has 0 amide bonds. The Morgan fingerprint density at radius 2 is 1.85 bits per heavy atom. The van der Waals surface area contributed by atoms with Gasteiger partial charge in [-0.1, -0.05) is 0 Å². The van der Waals surface area contributed by atoms with Crippen molar-refractivity contribution in [1.82, 2.24) is 4.31 Å². The standard InChI is InChI=1S/C13H16FNO3S2/c14-11-1-3-12(4-2-11)20(16,17)15-7-5-13(6-8-15)18-9-10-19-13/h1-4H,5-10H2. The number of hydrogen-bond donors (Lipinski definition) is 0. The maximum absolute atomic E-state index is 12.9. The van der Waals surface area contributed by atoms with Crippen LogP contribution in [0.4, 0.5) is 4.39 Å². The Kier molecular flexibility index (Phi) is 3.79. The first-order valence-electron chi connectivity index (χ1n) is 6.56. The molecular formula is C13H16FNO3S2. The van der Waals surface area contributed by atoms with Gasteiger partial charge in [0, 0.05) is 18.8 Å². The number of nitrogens with zero attached hydrogens (tertiary/aromatic N) is 1. The molecule has 2 saturated heterocycles. The molecule has 3 rings (SSSR count). The lowest BCUT2D eigenvalue weighted by atomic mass is 10.1. The molecule has 0 saturated carbocycles. The molecule has 0 unspecified atom stereocenters. The van der Waals surface area contributed by atoms with Crippen LogP contribution in [0.25, 0.3) is 0 Å². The van der Waals surface area contributed by atoms with E-state index >= 15 is 0 Å². The minimum Gasteiger partial charge on any atom is -0.363 e. The van der Waals surface area contributed by atoms with Crippen LogP contribution >= 0.6 is 11.8 Å². The maximum Gasteiger partial charge on any atom is 0.243 e. The molecule has 110 valence electrons. The van der Waals surface area contributed by atoms with Crippen LogP contribution in [0.5, 0.6) is 0 Å². The van der Waals surface area contributed by atoms with Gasteiger partial charge in [-0.15, -0.1) is 11.8 Å². The van der Waals surface area contributed by atoms with Crippen molar-refractivity contribution in [2.75, 3.05) is 25.4 Å². The van der Waals surface area contributed by atoms with Gasteiger partial charge in [-0.05, 0) is 37.1 Å². The maximum atomic E-state index is 12.9. The average Bonchev–Trinajstić information content (AvgIpc) is 2.88. The van der Waals surface area contributed by atoms with Gasteiger partial charge in [0.05, 0.1) is 11.5 Å². The normalized spacial score (nSPS) is 23.2. The molecule has 2 aliphatic heterocycles. The molecule has 20 heavy (non-hydrogen) atoms. The molecule has 7 heteroatoms. The van der Waals surface area contributed by atoms with E-state index in [9.17, 15) is 12.8 Å². The van der Waals surface area contributed by atoms with Crippen molar-refractivity contribution in [1.29, 1.82) is 0 Å². The number of piperidine rings is 1. The molecule has 0 atom stereocenters. The highest BCUT2D eigenvalue weighted by molar-refractivity contribution is 8.00. The van der Waals surface area contributed by atoms with Crippen LogP contribution in [0.2, 0.25) is 0 Å². The number of thioether (sulfide) groups is 1. The predicted molar refractivity (Wildman–Crippen MR) is 75.5 cm³/mol. The third kappa shape index (κ3) is 2.59. The summed E-state index contributed by atoms with van der Waals surface area (Å²) >= 11 is 1.78. The van der Waals surface area contributed by atoms with Gasteiger partial charge in [-0.3, -0.25) is 0 Å². The zero-order valence-corrected chi connectivity index (χ0v) is 12.6. The summed E-state index contributed by atoms with van der Waals surface area (Å²) in [6, 6.07) is 4.98. The van der Waals surface area contributed by atoms with E-state index in [0.717, 1.165) is 12.4 Å². The van der Waals surface area contributed by atoms with Crippen molar-refractivity contribution in [2.45, 2.75) is 22.7 Å². The highest BCUT2D eigenvalue weighted by Crippen LogP contribution is 2.42. The second kappa shape index (κ2) is 5.29. The summed E-state index contributed by atoms with van der Waals surface area (Å²) in [6.07, 6.45) is 1.41. The van der Waals surface area contributed by atoms with E-state index in [0.29, 0.717) is 25.9 Å². The minimum absolute atomic E-state index is 0.148. The smallest absolute Gasteiger partial charge is 0.243 e. The van der Waals surface area contributed by atoms with Crippen LogP contribution in [-0.4, -0.2) is 43.1 Å². The van der Waals surface area contributed by atoms with Gasteiger partial charge in [0.25, 0.3) is 0 Å². The third-order valence-corrected chi connectivity index (χ3v) is 7.09. The number of ether oxygens (including phenoxy) is 1. The summed E-state index contributed by atoms with van der Waals surface area (Å²) in [5.41, 5.74) is 0. The lowest BCUT2D eigenvalue weighted by Crippen LogP contribution is -2.44. The first kappa shape index (κ1) is 14.3. The van der Waals surface area contributed by atoms with Crippen LogP contribution < -0.4 is 0 Å². The largest absolute Gasteiger partial charge is 0.363 e. The lowest BCUT2D eigenvalue weighted by molar-refractivity contribution is 0.0162. The Balaban J connectivity index is 1.75. The van der Waals surface area contributed by atoms with Gasteiger partial charge in [0.15, 0.2) is 0 Å². The minimum atomic E-state index is -3.52. The molecule has 1 aromatic carbocycles. The van der Waals surface area contributed by atoms with Crippen molar-refractivity contribution in [3.05, 3.63) is 30.1 Å². The van der Waals surface area contributed by atoms with E-state index in [4.69, 9.17) is 4.74 Å². The first-order valence-corrected chi connectivity index (χ1v) is 8.98. The number of rotatable bonds is 2. The molecule has 0 radical (unpaired) electrons. The third-order valence-electron chi connectivity index (χ3n) is 3.75. The van der Waals surface area contributed by atoms with Crippen molar-refractivity contribution in [3.8, 4) is 0 Å². The van der Waals surface area contributed by atoms with Crippen molar-refractivity contribution in [2.24, 2.45) is 0 Å². The molecule has 0 aromatic heterocycles. The van der Waals surface area contributed by atoms with E-state index in [1.807, 2.05) is 0 Å². The summed E-state index contributed by atoms with van der Waals surface area (Å²) in [5.74, 6) is 0.544. The summed E-state index contributed by atoms with van der Waals surface area (Å²) in [6.45, 7) is 1.65. The number of halogens is 1. The van der Waals surface area contributed by atoms with Crippen molar-refractivity contribution < 1.29 is 17.5 Å². The van der Waals surface area contributed by atoms with Crippen molar-refractivity contribution >= 4 is 21.8 Å². The van der Waals surface area contributed by atoms with Crippen LogP contribution in [0.1, 0.15) is 12.8 Å². The lowest BCUT2D eigenvalue weighted by Gasteiger charge is -2.37. The molecule has 2 fully saturated rings. The Morgan fingerprint density at radius 1 is 1.20 bits per heavy atom.